The van der Waals surface area contributed by atoms with Crippen LogP contribution in [-0.4, -0.2) is 29.0 Å². The number of nitrogens with zero attached hydrogens (tertiary/aromatic N) is 1. The van der Waals surface area contributed by atoms with E-state index in [0.29, 0.717) is 13.1 Å². The molecule has 1 aliphatic rings. The molecular formula is C19H20FNO2S. The van der Waals surface area contributed by atoms with Gasteiger partial charge in [0.1, 0.15) is 5.82 Å². The van der Waals surface area contributed by atoms with Crippen LogP contribution in [0.4, 0.5) is 4.39 Å². The Hall–Kier alpha value is -1.98. The van der Waals surface area contributed by atoms with Crippen molar-refractivity contribution < 1.29 is 14.3 Å². The van der Waals surface area contributed by atoms with Crippen LogP contribution >= 0.6 is 11.3 Å². The molecule has 5 heteroatoms. The van der Waals surface area contributed by atoms with Gasteiger partial charge in [-0.05, 0) is 64.9 Å². The molecule has 1 saturated heterocycles. The number of rotatable bonds is 4. The Kier molecular flexibility index (Phi) is 5.43. The molecule has 1 unspecified atom stereocenters. The number of piperidine rings is 1. The van der Waals surface area contributed by atoms with Gasteiger partial charge in [0.15, 0.2) is 0 Å². The number of benzene rings is 1. The highest BCUT2D eigenvalue weighted by molar-refractivity contribution is 7.08. The Morgan fingerprint density at radius 2 is 1.96 bits per heavy atom. The van der Waals surface area contributed by atoms with Gasteiger partial charge in [-0.15, -0.1) is 0 Å². The average molecular weight is 345 g/mol. The molecule has 0 spiro atoms. The van der Waals surface area contributed by atoms with Crippen LogP contribution in [0, 0.1) is 11.7 Å². The van der Waals surface area contributed by atoms with Gasteiger partial charge in [-0.3, -0.25) is 4.79 Å². The van der Waals surface area contributed by atoms with E-state index in [9.17, 15) is 14.3 Å². The zero-order valence-electron chi connectivity index (χ0n) is 13.3. The fourth-order valence-corrected chi connectivity index (χ4v) is 3.64. The third kappa shape index (κ3) is 4.10. The largest absolute Gasteiger partial charge is 0.388 e. The van der Waals surface area contributed by atoms with Crippen LogP contribution in [0.1, 0.15) is 30.1 Å². The average Bonchev–Trinajstić information content (AvgIpc) is 3.13. The lowest BCUT2D eigenvalue weighted by Gasteiger charge is -2.34. The molecule has 126 valence electrons. The minimum absolute atomic E-state index is 0.0101. The molecule has 3 rings (SSSR count). The highest BCUT2D eigenvalue weighted by atomic mass is 32.1. The number of hydrogen-bond donors (Lipinski definition) is 1. The minimum Gasteiger partial charge on any atom is -0.388 e. The second-order valence-electron chi connectivity index (χ2n) is 6.05. The Morgan fingerprint density at radius 3 is 2.58 bits per heavy atom. The Bertz CT molecular complexity index is 689. The van der Waals surface area contributed by atoms with Crippen LogP contribution in [0.25, 0.3) is 6.08 Å². The second kappa shape index (κ2) is 7.73. The summed E-state index contributed by atoms with van der Waals surface area (Å²) in [4.78, 5) is 14.0. The van der Waals surface area contributed by atoms with Gasteiger partial charge >= 0.3 is 0 Å². The van der Waals surface area contributed by atoms with Gasteiger partial charge in [0.25, 0.3) is 0 Å². The first-order chi connectivity index (χ1) is 11.6. The number of carbonyl (C=O) groups excluding carboxylic acids is 1. The summed E-state index contributed by atoms with van der Waals surface area (Å²) in [6, 6.07) is 7.96. The summed E-state index contributed by atoms with van der Waals surface area (Å²) in [6.45, 7) is 1.27. The first-order valence-corrected chi connectivity index (χ1v) is 9.00. The van der Waals surface area contributed by atoms with Crippen LogP contribution in [0.15, 0.2) is 47.2 Å². The Morgan fingerprint density at radius 1 is 1.25 bits per heavy atom. The molecule has 3 nitrogen and oxygen atoms in total. The maximum atomic E-state index is 13.0. The molecule has 24 heavy (non-hydrogen) atoms. The van der Waals surface area contributed by atoms with Crippen molar-refractivity contribution >= 4 is 23.3 Å². The zero-order chi connectivity index (χ0) is 16.9. The summed E-state index contributed by atoms with van der Waals surface area (Å²) >= 11 is 1.60. The quantitative estimate of drug-likeness (QED) is 0.855. The molecule has 1 aliphatic heterocycles. The molecule has 1 fully saturated rings. The molecule has 0 bridgehead atoms. The van der Waals surface area contributed by atoms with Crippen LogP contribution in [-0.2, 0) is 4.79 Å². The second-order valence-corrected chi connectivity index (χ2v) is 6.83. The van der Waals surface area contributed by atoms with Crippen molar-refractivity contribution in [3.8, 4) is 0 Å². The van der Waals surface area contributed by atoms with Gasteiger partial charge in [-0.2, -0.15) is 11.3 Å². The summed E-state index contributed by atoms with van der Waals surface area (Å²) in [5.74, 6) is -0.194. The number of carbonyl (C=O) groups is 1. The summed E-state index contributed by atoms with van der Waals surface area (Å²) < 4.78 is 13.0. The van der Waals surface area contributed by atoms with Crippen LogP contribution in [0.2, 0.25) is 0 Å². The van der Waals surface area contributed by atoms with Crippen molar-refractivity contribution in [1.82, 2.24) is 4.90 Å². The first-order valence-electron chi connectivity index (χ1n) is 8.06. The molecule has 0 aliphatic carbocycles. The predicted molar refractivity (Wildman–Crippen MR) is 94.0 cm³/mol. The molecule has 1 aromatic carbocycles. The lowest BCUT2D eigenvalue weighted by atomic mass is 9.87. The number of halogens is 1. The van der Waals surface area contributed by atoms with Crippen LogP contribution in [0.5, 0.6) is 0 Å². The summed E-state index contributed by atoms with van der Waals surface area (Å²) in [7, 11) is 0. The number of amides is 1. The summed E-state index contributed by atoms with van der Waals surface area (Å²) in [5, 5.41) is 14.4. The fraction of sp³-hybridized carbons (Fsp3) is 0.316. The molecule has 1 N–H and O–H groups in total. The number of aliphatic hydroxyl groups is 1. The predicted octanol–water partition coefficient (Wildman–Crippen LogP) is 3.87. The van der Waals surface area contributed by atoms with E-state index < -0.39 is 6.10 Å². The lowest BCUT2D eigenvalue weighted by Crippen LogP contribution is -2.38. The number of aliphatic hydroxyl groups excluding tert-OH is 1. The zero-order valence-corrected chi connectivity index (χ0v) is 14.1. The van der Waals surface area contributed by atoms with Gasteiger partial charge < -0.3 is 10.0 Å². The molecule has 0 radical (unpaired) electrons. The van der Waals surface area contributed by atoms with E-state index in [0.717, 1.165) is 24.0 Å². The van der Waals surface area contributed by atoms with Crippen molar-refractivity contribution in [3.05, 3.63) is 64.1 Å². The minimum atomic E-state index is -0.607. The summed E-state index contributed by atoms with van der Waals surface area (Å²) in [5.41, 5.74) is 1.77. The van der Waals surface area contributed by atoms with E-state index in [4.69, 9.17) is 0 Å². The smallest absolute Gasteiger partial charge is 0.246 e. The van der Waals surface area contributed by atoms with Gasteiger partial charge in [0.2, 0.25) is 5.91 Å². The molecule has 1 aromatic heterocycles. The third-order valence-corrected chi connectivity index (χ3v) is 5.17. The number of likely N-dealkylation sites (tertiary alicyclic amines) is 1. The Labute approximate surface area is 145 Å². The van der Waals surface area contributed by atoms with E-state index >= 15 is 0 Å². The highest BCUT2D eigenvalue weighted by Crippen LogP contribution is 2.30. The topological polar surface area (TPSA) is 40.5 Å². The number of thiophene rings is 1. The molecule has 1 atom stereocenters. The first kappa shape index (κ1) is 16.9. The maximum absolute atomic E-state index is 13.0. The van der Waals surface area contributed by atoms with Crippen molar-refractivity contribution in [2.24, 2.45) is 5.92 Å². The van der Waals surface area contributed by atoms with E-state index in [1.54, 1.807) is 29.5 Å². The molecular weight excluding hydrogens is 325 g/mol. The maximum Gasteiger partial charge on any atom is 0.246 e. The molecule has 1 amide bonds. The lowest BCUT2D eigenvalue weighted by molar-refractivity contribution is -0.127. The SMILES string of the molecule is O=C(/C=C/c1ccsc1)N1CCC(C(O)c2ccc(F)cc2)CC1. The van der Waals surface area contributed by atoms with Crippen molar-refractivity contribution in [2.45, 2.75) is 18.9 Å². The van der Waals surface area contributed by atoms with Gasteiger partial charge in [0.05, 0.1) is 6.10 Å². The summed E-state index contributed by atoms with van der Waals surface area (Å²) in [6.07, 6.45) is 4.33. The van der Waals surface area contributed by atoms with E-state index in [1.165, 1.54) is 12.1 Å². The van der Waals surface area contributed by atoms with Gasteiger partial charge in [0, 0.05) is 19.2 Å². The van der Waals surface area contributed by atoms with Crippen LogP contribution < -0.4 is 0 Å². The Balaban J connectivity index is 1.53. The third-order valence-electron chi connectivity index (χ3n) is 4.47. The normalized spacial score (nSPS) is 17.3. The highest BCUT2D eigenvalue weighted by Gasteiger charge is 2.27. The van der Waals surface area contributed by atoms with Crippen molar-refractivity contribution in [1.29, 1.82) is 0 Å². The van der Waals surface area contributed by atoms with Gasteiger partial charge in [-0.1, -0.05) is 12.1 Å². The standard InChI is InChI=1S/C19H20FNO2S/c20-17-4-2-15(3-5-17)19(23)16-7-10-21(11-8-16)18(22)6-1-14-9-12-24-13-14/h1-6,9,12-13,16,19,23H,7-8,10-11H2/b6-1+. The van der Waals surface area contributed by atoms with Crippen LogP contribution in [0.3, 0.4) is 0 Å². The van der Waals surface area contributed by atoms with Gasteiger partial charge in [-0.25, -0.2) is 4.39 Å². The molecule has 0 saturated carbocycles. The van der Waals surface area contributed by atoms with E-state index in [-0.39, 0.29) is 17.6 Å². The molecule has 2 heterocycles. The molecule has 2 aromatic rings. The van der Waals surface area contributed by atoms with Crippen molar-refractivity contribution in [2.75, 3.05) is 13.1 Å². The monoisotopic (exact) mass is 345 g/mol. The number of hydrogen-bond acceptors (Lipinski definition) is 3. The fourth-order valence-electron chi connectivity index (χ4n) is 3.01. The van der Waals surface area contributed by atoms with E-state index in [1.807, 2.05) is 27.8 Å². The van der Waals surface area contributed by atoms with E-state index in [2.05, 4.69) is 0 Å². The van der Waals surface area contributed by atoms with Crippen molar-refractivity contribution in [3.63, 3.8) is 0 Å².